The third-order valence-corrected chi connectivity index (χ3v) is 3.60. The van der Waals surface area contributed by atoms with Crippen LogP contribution in [0, 0.1) is 0 Å². The Labute approximate surface area is 123 Å². The van der Waals surface area contributed by atoms with Gasteiger partial charge in [0.1, 0.15) is 4.47 Å². The predicted octanol–water partition coefficient (Wildman–Crippen LogP) is 2.17. The molecule has 108 valence electrons. The first-order chi connectivity index (χ1) is 8.95. The van der Waals surface area contributed by atoms with Gasteiger partial charge in [-0.2, -0.15) is 5.10 Å². The van der Waals surface area contributed by atoms with E-state index in [0.29, 0.717) is 17.1 Å². The minimum atomic E-state index is -0.0772. The maximum absolute atomic E-state index is 12.0. The SMILES string of the molecule is CCCn1ncc(NC(C)CCN(C)C)c(Br)c1=O. The van der Waals surface area contributed by atoms with Gasteiger partial charge < -0.3 is 10.2 Å². The molecule has 1 unspecified atom stereocenters. The summed E-state index contributed by atoms with van der Waals surface area (Å²) in [6.45, 7) is 5.78. The summed E-state index contributed by atoms with van der Waals surface area (Å²) >= 11 is 3.36. The maximum atomic E-state index is 12.0. The van der Waals surface area contributed by atoms with Crippen LogP contribution in [-0.2, 0) is 6.54 Å². The quantitative estimate of drug-likeness (QED) is 0.832. The molecule has 0 aliphatic carbocycles. The summed E-state index contributed by atoms with van der Waals surface area (Å²) < 4.78 is 2.05. The number of aryl methyl sites for hydroxylation is 1. The minimum Gasteiger partial charge on any atom is -0.380 e. The van der Waals surface area contributed by atoms with E-state index >= 15 is 0 Å². The fraction of sp³-hybridized carbons (Fsp3) is 0.692. The van der Waals surface area contributed by atoms with Gasteiger partial charge in [0.05, 0.1) is 11.9 Å². The molecule has 5 nitrogen and oxygen atoms in total. The van der Waals surface area contributed by atoms with Gasteiger partial charge in [0.2, 0.25) is 0 Å². The zero-order valence-electron chi connectivity index (χ0n) is 12.1. The molecule has 1 rings (SSSR count). The molecule has 0 aromatic carbocycles. The average molecular weight is 331 g/mol. The lowest BCUT2D eigenvalue weighted by Gasteiger charge is -2.18. The highest BCUT2D eigenvalue weighted by Crippen LogP contribution is 2.17. The molecular weight excluding hydrogens is 308 g/mol. The standard InChI is InChI=1S/C13H23BrN4O/c1-5-7-18-13(19)12(14)11(9-15-18)16-10(2)6-8-17(3)4/h9-10,16H,5-8H2,1-4H3. The zero-order chi connectivity index (χ0) is 14.4. The van der Waals surface area contributed by atoms with E-state index < -0.39 is 0 Å². The van der Waals surface area contributed by atoms with E-state index in [4.69, 9.17) is 0 Å². The first-order valence-electron chi connectivity index (χ1n) is 6.62. The second-order valence-electron chi connectivity index (χ2n) is 5.04. The van der Waals surface area contributed by atoms with Crippen LogP contribution in [0.25, 0.3) is 0 Å². The first kappa shape index (κ1) is 16.2. The highest BCUT2D eigenvalue weighted by Gasteiger charge is 2.10. The summed E-state index contributed by atoms with van der Waals surface area (Å²) in [6.07, 6.45) is 3.62. The van der Waals surface area contributed by atoms with E-state index in [1.165, 1.54) is 4.68 Å². The van der Waals surface area contributed by atoms with Crippen LogP contribution in [0.1, 0.15) is 26.7 Å². The van der Waals surface area contributed by atoms with Gasteiger partial charge in [0.15, 0.2) is 0 Å². The molecule has 0 bridgehead atoms. The molecule has 6 heteroatoms. The fourth-order valence-electron chi connectivity index (χ4n) is 1.73. The van der Waals surface area contributed by atoms with Gasteiger partial charge in [-0.25, -0.2) is 4.68 Å². The number of nitrogens with zero attached hydrogens (tertiary/aromatic N) is 3. The Bertz CT molecular complexity index is 458. The third-order valence-electron chi connectivity index (χ3n) is 2.83. The number of halogens is 1. The van der Waals surface area contributed by atoms with Gasteiger partial charge in [0.25, 0.3) is 5.56 Å². The van der Waals surface area contributed by atoms with Gasteiger partial charge in [-0.1, -0.05) is 6.92 Å². The maximum Gasteiger partial charge on any atom is 0.283 e. The van der Waals surface area contributed by atoms with Crippen LogP contribution < -0.4 is 10.9 Å². The van der Waals surface area contributed by atoms with Crippen LogP contribution in [0.2, 0.25) is 0 Å². The van der Waals surface area contributed by atoms with Crippen molar-refractivity contribution in [1.82, 2.24) is 14.7 Å². The number of hydrogen-bond donors (Lipinski definition) is 1. The molecule has 0 amide bonds. The van der Waals surface area contributed by atoms with E-state index in [1.807, 2.05) is 6.92 Å². The number of aromatic nitrogens is 2. The third kappa shape index (κ3) is 4.95. The van der Waals surface area contributed by atoms with Gasteiger partial charge in [-0.15, -0.1) is 0 Å². The van der Waals surface area contributed by atoms with Crippen molar-refractivity contribution in [1.29, 1.82) is 0 Å². The molecule has 1 aromatic heterocycles. The smallest absolute Gasteiger partial charge is 0.283 e. The van der Waals surface area contributed by atoms with Crippen LogP contribution in [-0.4, -0.2) is 41.4 Å². The summed E-state index contributed by atoms with van der Waals surface area (Å²) in [7, 11) is 4.10. The van der Waals surface area contributed by atoms with E-state index in [2.05, 4.69) is 52.3 Å². The van der Waals surface area contributed by atoms with Crippen molar-refractivity contribution in [2.75, 3.05) is 26.0 Å². The number of anilines is 1. The van der Waals surface area contributed by atoms with Crippen LogP contribution in [0.15, 0.2) is 15.5 Å². The Hall–Kier alpha value is -0.880. The lowest BCUT2D eigenvalue weighted by atomic mass is 10.2. The van der Waals surface area contributed by atoms with Crippen LogP contribution in [0.3, 0.4) is 0 Å². The molecule has 19 heavy (non-hydrogen) atoms. The zero-order valence-corrected chi connectivity index (χ0v) is 13.7. The second-order valence-corrected chi connectivity index (χ2v) is 5.83. The Balaban J connectivity index is 2.74. The molecule has 1 aromatic rings. The lowest BCUT2D eigenvalue weighted by Crippen LogP contribution is -2.27. The van der Waals surface area contributed by atoms with E-state index in [9.17, 15) is 4.79 Å². The van der Waals surface area contributed by atoms with Crippen molar-refractivity contribution in [3.05, 3.63) is 21.0 Å². The van der Waals surface area contributed by atoms with Crippen molar-refractivity contribution in [3.8, 4) is 0 Å². The molecule has 0 aliphatic rings. The van der Waals surface area contributed by atoms with Gasteiger partial charge >= 0.3 is 0 Å². The number of hydrogen-bond acceptors (Lipinski definition) is 4. The summed E-state index contributed by atoms with van der Waals surface area (Å²) in [5, 5.41) is 7.50. The van der Waals surface area contributed by atoms with Crippen molar-refractivity contribution in [2.24, 2.45) is 0 Å². The van der Waals surface area contributed by atoms with E-state index in [1.54, 1.807) is 6.20 Å². The minimum absolute atomic E-state index is 0.0772. The molecule has 1 N–H and O–H groups in total. The van der Waals surface area contributed by atoms with E-state index in [-0.39, 0.29) is 5.56 Å². The Morgan fingerprint density at radius 2 is 2.21 bits per heavy atom. The molecule has 0 saturated heterocycles. The Morgan fingerprint density at radius 3 is 2.79 bits per heavy atom. The summed E-state index contributed by atoms with van der Waals surface area (Å²) in [5.41, 5.74) is 0.690. The van der Waals surface area contributed by atoms with Gasteiger partial charge in [0, 0.05) is 12.6 Å². The van der Waals surface area contributed by atoms with E-state index in [0.717, 1.165) is 25.1 Å². The Morgan fingerprint density at radius 1 is 1.53 bits per heavy atom. The highest BCUT2D eigenvalue weighted by atomic mass is 79.9. The largest absolute Gasteiger partial charge is 0.380 e. The molecule has 1 heterocycles. The Kier molecular flexibility index (Phi) is 6.51. The van der Waals surface area contributed by atoms with Gasteiger partial charge in [-0.3, -0.25) is 4.79 Å². The molecule has 0 fully saturated rings. The first-order valence-corrected chi connectivity index (χ1v) is 7.41. The fourth-order valence-corrected chi connectivity index (χ4v) is 2.15. The normalized spacial score (nSPS) is 12.7. The van der Waals surface area contributed by atoms with Crippen molar-refractivity contribution < 1.29 is 0 Å². The molecule has 1 atom stereocenters. The molecule has 0 spiro atoms. The van der Waals surface area contributed by atoms with Crippen LogP contribution in [0.5, 0.6) is 0 Å². The van der Waals surface area contributed by atoms with Crippen LogP contribution >= 0.6 is 15.9 Å². The summed E-state index contributed by atoms with van der Waals surface area (Å²) in [6, 6.07) is 0.293. The number of rotatable bonds is 7. The summed E-state index contributed by atoms with van der Waals surface area (Å²) in [5.74, 6) is 0. The van der Waals surface area contributed by atoms with Crippen molar-refractivity contribution in [2.45, 2.75) is 39.3 Å². The van der Waals surface area contributed by atoms with Gasteiger partial charge in [-0.05, 0) is 56.3 Å². The molecular formula is C13H23BrN4O. The highest BCUT2D eigenvalue weighted by molar-refractivity contribution is 9.10. The van der Waals surface area contributed by atoms with Crippen LogP contribution in [0.4, 0.5) is 5.69 Å². The number of nitrogens with one attached hydrogen (secondary N) is 1. The van der Waals surface area contributed by atoms with Crippen molar-refractivity contribution >= 4 is 21.6 Å². The monoisotopic (exact) mass is 330 g/mol. The molecule has 0 aliphatic heterocycles. The van der Waals surface area contributed by atoms with Crippen molar-refractivity contribution in [3.63, 3.8) is 0 Å². The average Bonchev–Trinajstić information content (AvgIpc) is 2.36. The summed E-state index contributed by atoms with van der Waals surface area (Å²) in [4.78, 5) is 14.2. The predicted molar refractivity (Wildman–Crippen MR) is 82.7 cm³/mol. The molecule has 0 radical (unpaired) electrons. The topological polar surface area (TPSA) is 50.2 Å². The second kappa shape index (κ2) is 7.65. The lowest BCUT2D eigenvalue weighted by molar-refractivity contribution is 0.390. The molecule has 0 saturated carbocycles.